The average Bonchev–Trinajstić information content (AvgIpc) is 2.89. The van der Waals surface area contributed by atoms with Crippen molar-refractivity contribution in [1.29, 1.82) is 0 Å². The Kier molecular flexibility index (Phi) is 8.25. The summed E-state index contributed by atoms with van der Waals surface area (Å²) in [5.74, 6) is 2.11. The minimum absolute atomic E-state index is 0.149. The molecule has 0 unspecified atom stereocenters. The zero-order valence-electron chi connectivity index (χ0n) is 22.1. The maximum absolute atomic E-state index is 11.1. The van der Waals surface area contributed by atoms with E-state index in [1.165, 1.54) is 57.8 Å². The Morgan fingerprint density at radius 2 is 0.941 bits per heavy atom. The van der Waals surface area contributed by atoms with Crippen molar-refractivity contribution in [3.8, 4) is 23.0 Å². The van der Waals surface area contributed by atoms with Gasteiger partial charge in [-0.25, -0.2) is 0 Å². The highest BCUT2D eigenvalue weighted by atomic mass is 16.6. The van der Waals surface area contributed by atoms with Crippen molar-refractivity contribution in [2.24, 2.45) is 0 Å². The van der Waals surface area contributed by atoms with Crippen LogP contribution in [0.1, 0.15) is 136 Å². The van der Waals surface area contributed by atoms with E-state index in [0.717, 1.165) is 63.5 Å². The van der Waals surface area contributed by atoms with Crippen molar-refractivity contribution in [3.05, 3.63) is 12.1 Å². The minimum Gasteiger partial charge on any atom is -0.504 e. The first kappa shape index (κ1) is 25.5. The highest BCUT2D eigenvalue weighted by molar-refractivity contribution is 5.59. The van der Waals surface area contributed by atoms with Gasteiger partial charge in [-0.15, -0.1) is 0 Å². The highest BCUT2D eigenvalue weighted by Crippen LogP contribution is 2.52. The number of aromatic hydroxyl groups is 1. The molecule has 3 aliphatic carbocycles. The van der Waals surface area contributed by atoms with E-state index < -0.39 is 0 Å². The molecule has 0 spiro atoms. The Morgan fingerprint density at radius 3 is 1.35 bits per heavy atom. The van der Waals surface area contributed by atoms with E-state index in [9.17, 15) is 5.11 Å². The van der Waals surface area contributed by atoms with Gasteiger partial charge >= 0.3 is 0 Å². The molecule has 3 fully saturated rings. The molecule has 0 atom stereocenters. The van der Waals surface area contributed by atoms with Crippen LogP contribution in [0.2, 0.25) is 0 Å². The molecule has 4 heteroatoms. The molecule has 0 aliphatic heterocycles. The highest BCUT2D eigenvalue weighted by Gasteiger charge is 2.40. The van der Waals surface area contributed by atoms with Crippen LogP contribution in [0.3, 0.4) is 0 Å². The molecule has 0 saturated heterocycles. The smallest absolute Gasteiger partial charge is 0.208 e. The predicted molar refractivity (Wildman–Crippen MR) is 138 cm³/mol. The summed E-state index contributed by atoms with van der Waals surface area (Å²) in [6.07, 6.45) is 20.2. The van der Waals surface area contributed by atoms with E-state index in [4.69, 9.17) is 14.2 Å². The fourth-order valence-corrected chi connectivity index (χ4v) is 6.65. The third-order valence-electron chi connectivity index (χ3n) is 9.25. The van der Waals surface area contributed by atoms with Gasteiger partial charge in [-0.1, -0.05) is 40.0 Å². The SMILES string of the molecule is CCC1(Oc2ccc(O)c(OC3(CC)CCCCC3)c2OC2(CC)CCCCC2)CCCCC1. The Morgan fingerprint density at radius 1 is 0.559 bits per heavy atom. The summed E-state index contributed by atoms with van der Waals surface area (Å²) in [7, 11) is 0. The number of phenols is 1. The van der Waals surface area contributed by atoms with Crippen LogP contribution in [0.15, 0.2) is 12.1 Å². The molecular weight excluding hydrogens is 424 g/mol. The first-order valence-electron chi connectivity index (χ1n) is 14.4. The molecule has 4 rings (SSSR count). The van der Waals surface area contributed by atoms with Gasteiger partial charge < -0.3 is 19.3 Å². The molecule has 1 aromatic rings. The zero-order valence-corrected chi connectivity index (χ0v) is 22.1. The van der Waals surface area contributed by atoms with E-state index in [-0.39, 0.29) is 22.6 Å². The van der Waals surface area contributed by atoms with Crippen molar-refractivity contribution >= 4 is 0 Å². The molecule has 1 N–H and O–H groups in total. The Hall–Kier alpha value is -1.58. The summed E-state index contributed by atoms with van der Waals surface area (Å²) < 4.78 is 20.7. The third kappa shape index (κ3) is 5.46. The van der Waals surface area contributed by atoms with Crippen molar-refractivity contribution in [2.45, 2.75) is 153 Å². The van der Waals surface area contributed by atoms with Crippen molar-refractivity contribution < 1.29 is 19.3 Å². The predicted octanol–water partition coefficient (Wildman–Crippen LogP) is 8.87. The number of hydrogen-bond acceptors (Lipinski definition) is 4. The molecule has 0 bridgehead atoms. The lowest BCUT2D eigenvalue weighted by molar-refractivity contribution is -0.0122. The van der Waals surface area contributed by atoms with Crippen LogP contribution in [-0.4, -0.2) is 21.9 Å². The van der Waals surface area contributed by atoms with E-state index in [0.29, 0.717) is 11.5 Å². The van der Waals surface area contributed by atoms with E-state index in [1.54, 1.807) is 6.07 Å². The lowest BCUT2D eigenvalue weighted by atomic mass is 9.82. The summed E-state index contributed by atoms with van der Waals surface area (Å²) in [6, 6.07) is 3.69. The van der Waals surface area contributed by atoms with Crippen molar-refractivity contribution in [3.63, 3.8) is 0 Å². The molecule has 192 valence electrons. The fourth-order valence-electron chi connectivity index (χ4n) is 6.65. The number of rotatable bonds is 9. The van der Waals surface area contributed by atoms with E-state index >= 15 is 0 Å². The minimum atomic E-state index is -0.230. The maximum atomic E-state index is 11.1. The van der Waals surface area contributed by atoms with Crippen molar-refractivity contribution in [2.75, 3.05) is 0 Å². The monoisotopic (exact) mass is 472 g/mol. The van der Waals surface area contributed by atoms with Gasteiger partial charge in [0.25, 0.3) is 0 Å². The standard InChI is InChI=1S/C30H48O4/c1-4-28(18-10-7-11-19-28)32-25-17-16-24(31)26(33-29(5-2)20-12-8-13-21-29)27(25)34-30(6-3)22-14-9-15-23-30/h16-17,31H,4-15,18-23H2,1-3H3. The van der Waals surface area contributed by atoms with Crippen LogP contribution in [-0.2, 0) is 0 Å². The fraction of sp³-hybridized carbons (Fsp3) is 0.800. The lowest BCUT2D eigenvalue weighted by Gasteiger charge is -2.42. The van der Waals surface area contributed by atoms with Crippen LogP contribution in [0.5, 0.6) is 23.0 Å². The number of ether oxygens (including phenoxy) is 3. The normalized spacial score (nSPS) is 23.7. The topological polar surface area (TPSA) is 47.9 Å². The second-order valence-electron chi connectivity index (χ2n) is 11.3. The first-order valence-corrected chi connectivity index (χ1v) is 14.4. The second kappa shape index (κ2) is 11.0. The number of hydrogen-bond donors (Lipinski definition) is 1. The van der Waals surface area contributed by atoms with Gasteiger partial charge in [0.2, 0.25) is 11.5 Å². The van der Waals surface area contributed by atoms with Gasteiger partial charge in [0.05, 0.1) is 0 Å². The Bertz CT molecular complexity index is 783. The van der Waals surface area contributed by atoms with Gasteiger partial charge in [0.15, 0.2) is 11.5 Å². The van der Waals surface area contributed by atoms with Gasteiger partial charge in [0, 0.05) is 0 Å². The van der Waals surface area contributed by atoms with Gasteiger partial charge in [0.1, 0.15) is 16.8 Å². The molecule has 4 nitrogen and oxygen atoms in total. The largest absolute Gasteiger partial charge is 0.504 e. The summed E-state index contributed by atoms with van der Waals surface area (Å²) in [5.41, 5.74) is -0.588. The molecule has 0 aromatic heterocycles. The van der Waals surface area contributed by atoms with E-state index in [1.807, 2.05) is 6.07 Å². The molecule has 3 saturated carbocycles. The molecule has 0 heterocycles. The van der Waals surface area contributed by atoms with E-state index in [2.05, 4.69) is 20.8 Å². The molecule has 0 radical (unpaired) electrons. The zero-order chi connectivity index (χ0) is 24.1. The average molecular weight is 473 g/mol. The van der Waals surface area contributed by atoms with Crippen LogP contribution < -0.4 is 14.2 Å². The molecule has 1 aromatic carbocycles. The molecule has 0 amide bonds. The van der Waals surface area contributed by atoms with Crippen LogP contribution in [0, 0.1) is 0 Å². The van der Waals surface area contributed by atoms with Crippen LogP contribution in [0.4, 0.5) is 0 Å². The Balaban J connectivity index is 1.75. The number of phenolic OH excluding ortho intramolecular Hbond substituents is 1. The summed E-state index contributed by atoms with van der Waals surface area (Å²) in [6.45, 7) is 6.69. The lowest BCUT2D eigenvalue weighted by Crippen LogP contribution is -2.41. The van der Waals surface area contributed by atoms with Gasteiger partial charge in [-0.2, -0.15) is 0 Å². The maximum Gasteiger partial charge on any atom is 0.208 e. The van der Waals surface area contributed by atoms with Crippen LogP contribution in [0.25, 0.3) is 0 Å². The molecule has 34 heavy (non-hydrogen) atoms. The number of benzene rings is 1. The van der Waals surface area contributed by atoms with Crippen molar-refractivity contribution in [1.82, 2.24) is 0 Å². The third-order valence-corrected chi connectivity index (χ3v) is 9.25. The molecular formula is C30H48O4. The quantitative estimate of drug-likeness (QED) is 0.390. The van der Waals surface area contributed by atoms with Gasteiger partial charge in [-0.3, -0.25) is 0 Å². The Labute approximate surface area is 207 Å². The summed E-state index contributed by atoms with van der Waals surface area (Å²) in [4.78, 5) is 0. The van der Waals surface area contributed by atoms with Gasteiger partial charge in [-0.05, 0) is 108 Å². The summed E-state index contributed by atoms with van der Waals surface area (Å²) in [5, 5.41) is 11.1. The first-order chi connectivity index (χ1) is 16.5. The molecule has 3 aliphatic rings. The second-order valence-corrected chi connectivity index (χ2v) is 11.3. The van der Waals surface area contributed by atoms with Crippen LogP contribution >= 0.6 is 0 Å². The summed E-state index contributed by atoms with van der Waals surface area (Å²) >= 11 is 0.